The minimum atomic E-state index is -0.337. The van der Waals surface area contributed by atoms with Crippen molar-refractivity contribution in [3.8, 4) is 17.2 Å². The van der Waals surface area contributed by atoms with Gasteiger partial charge in [-0.3, -0.25) is 4.79 Å². The molecule has 0 saturated carbocycles. The summed E-state index contributed by atoms with van der Waals surface area (Å²) in [5.41, 5.74) is 3.45. The fourth-order valence-corrected chi connectivity index (χ4v) is 4.38. The first-order valence-corrected chi connectivity index (χ1v) is 10.7. The van der Waals surface area contributed by atoms with E-state index in [1.807, 2.05) is 13.0 Å². The number of hydrogen-bond acceptors (Lipinski definition) is 5. The van der Waals surface area contributed by atoms with Gasteiger partial charge in [0.05, 0.1) is 27.0 Å². The van der Waals surface area contributed by atoms with Gasteiger partial charge in [-0.25, -0.2) is 4.39 Å². The number of fused-ring (bicyclic) bond motifs is 1. The number of amides is 1. The zero-order valence-corrected chi connectivity index (χ0v) is 18.7. The molecule has 0 fully saturated rings. The highest BCUT2D eigenvalue weighted by Gasteiger charge is 2.35. The van der Waals surface area contributed by atoms with Crippen LogP contribution < -0.4 is 14.8 Å². The summed E-state index contributed by atoms with van der Waals surface area (Å²) >= 11 is 0. The summed E-state index contributed by atoms with van der Waals surface area (Å²) in [5.74, 6) is 0.491. The van der Waals surface area contributed by atoms with Crippen LogP contribution in [0.2, 0.25) is 0 Å². The Morgan fingerprint density at radius 1 is 1.18 bits per heavy atom. The topological polar surface area (TPSA) is 80.9 Å². The maximum Gasteiger partial charge on any atom is 0.221 e. The number of phenols is 1. The second-order valence-electron chi connectivity index (χ2n) is 8.06. The van der Waals surface area contributed by atoms with Crippen LogP contribution in [0.15, 0.2) is 53.1 Å². The van der Waals surface area contributed by atoms with E-state index in [4.69, 9.17) is 13.9 Å². The molecule has 1 aliphatic rings. The molecule has 2 unspecified atom stereocenters. The Kier molecular flexibility index (Phi) is 6.40. The molecule has 2 N–H and O–H groups in total. The van der Waals surface area contributed by atoms with Crippen LogP contribution in [0.25, 0.3) is 11.6 Å². The standard InChI is InChI=1S/C26H26FNO5/c1-15-20(9-16-10-23(31-2)26(30)24(11-16)32-3)19-7-6-17(27)12-22(19)21(15)13-25(29)28-14-18-5-4-8-33-18/h4-12,15,21,30H,13-14H2,1-3H3,(H,28,29). The molecular weight excluding hydrogens is 425 g/mol. The Bertz CT molecular complexity index is 1160. The molecule has 33 heavy (non-hydrogen) atoms. The molecule has 2 aromatic carbocycles. The largest absolute Gasteiger partial charge is 0.502 e. The number of allylic oxidation sites excluding steroid dienone is 1. The number of ether oxygens (including phenoxy) is 2. The summed E-state index contributed by atoms with van der Waals surface area (Å²) in [4.78, 5) is 12.7. The van der Waals surface area contributed by atoms with E-state index in [1.54, 1.807) is 36.6 Å². The smallest absolute Gasteiger partial charge is 0.221 e. The van der Waals surface area contributed by atoms with Crippen molar-refractivity contribution in [3.63, 3.8) is 0 Å². The van der Waals surface area contributed by atoms with Gasteiger partial charge in [0.2, 0.25) is 11.7 Å². The number of phenolic OH excluding ortho intramolecular Hbond substituents is 1. The van der Waals surface area contributed by atoms with Gasteiger partial charge < -0.3 is 24.3 Å². The second-order valence-corrected chi connectivity index (χ2v) is 8.06. The number of carbonyl (C=O) groups is 1. The van der Waals surface area contributed by atoms with Crippen LogP contribution in [-0.4, -0.2) is 25.2 Å². The SMILES string of the molecule is COc1cc(C=C2c3ccc(F)cc3C(CC(=O)NCc3ccco3)C2C)cc(OC)c1O. The van der Waals surface area contributed by atoms with Crippen molar-refractivity contribution >= 4 is 17.6 Å². The molecule has 4 rings (SSSR count). The molecule has 3 aromatic rings. The van der Waals surface area contributed by atoms with E-state index in [9.17, 15) is 14.3 Å². The molecule has 1 heterocycles. The molecule has 0 saturated heterocycles. The van der Waals surface area contributed by atoms with E-state index in [2.05, 4.69) is 5.32 Å². The van der Waals surface area contributed by atoms with Crippen LogP contribution in [0.1, 0.15) is 41.7 Å². The summed E-state index contributed by atoms with van der Waals surface area (Å²) in [6.45, 7) is 2.34. The van der Waals surface area contributed by atoms with Gasteiger partial charge in [0.1, 0.15) is 11.6 Å². The van der Waals surface area contributed by atoms with E-state index in [0.29, 0.717) is 23.8 Å². The van der Waals surface area contributed by atoms with E-state index in [-0.39, 0.29) is 35.7 Å². The number of rotatable bonds is 7. The number of carbonyl (C=O) groups excluding carboxylic acids is 1. The lowest BCUT2D eigenvalue weighted by Gasteiger charge is -2.17. The van der Waals surface area contributed by atoms with Crippen LogP contribution in [0.5, 0.6) is 17.2 Å². The quantitative estimate of drug-likeness (QED) is 0.521. The zero-order valence-electron chi connectivity index (χ0n) is 18.7. The van der Waals surface area contributed by atoms with Gasteiger partial charge in [0, 0.05) is 6.42 Å². The average Bonchev–Trinajstić information content (AvgIpc) is 3.41. The fraction of sp³-hybridized carbons (Fsp3) is 0.269. The molecule has 1 amide bonds. The van der Waals surface area contributed by atoms with E-state index in [0.717, 1.165) is 22.3 Å². The van der Waals surface area contributed by atoms with Crippen LogP contribution in [0.3, 0.4) is 0 Å². The van der Waals surface area contributed by atoms with Gasteiger partial charge in [0.25, 0.3) is 0 Å². The summed E-state index contributed by atoms with van der Waals surface area (Å²) in [6.07, 6.45) is 3.74. The molecule has 6 nitrogen and oxygen atoms in total. The number of furan rings is 1. The van der Waals surface area contributed by atoms with Gasteiger partial charge in [-0.05, 0) is 70.5 Å². The second kappa shape index (κ2) is 9.40. The monoisotopic (exact) mass is 451 g/mol. The van der Waals surface area contributed by atoms with Crippen molar-refractivity contribution < 1.29 is 28.2 Å². The molecule has 7 heteroatoms. The Hall–Kier alpha value is -3.74. The number of halogens is 1. The maximum atomic E-state index is 14.1. The van der Waals surface area contributed by atoms with Crippen LogP contribution in [0, 0.1) is 11.7 Å². The van der Waals surface area contributed by atoms with Gasteiger partial charge in [0.15, 0.2) is 11.5 Å². The van der Waals surface area contributed by atoms with Gasteiger partial charge in [-0.15, -0.1) is 0 Å². The Balaban J connectivity index is 1.65. The third-order valence-corrected chi connectivity index (χ3v) is 6.09. The molecule has 0 aliphatic heterocycles. The normalized spacial score (nSPS) is 18.2. The number of nitrogens with one attached hydrogen (secondary N) is 1. The predicted molar refractivity (Wildman–Crippen MR) is 123 cm³/mol. The number of methoxy groups -OCH3 is 2. The number of hydrogen-bond donors (Lipinski definition) is 2. The predicted octanol–water partition coefficient (Wildman–Crippen LogP) is 5.12. The molecule has 1 aromatic heterocycles. The molecule has 0 bridgehead atoms. The lowest BCUT2D eigenvalue weighted by atomic mass is 9.88. The highest BCUT2D eigenvalue weighted by atomic mass is 19.1. The van der Waals surface area contributed by atoms with Crippen LogP contribution >= 0.6 is 0 Å². The van der Waals surface area contributed by atoms with Gasteiger partial charge >= 0.3 is 0 Å². The lowest BCUT2D eigenvalue weighted by molar-refractivity contribution is -0.121. The average molecular weight is 451 g/mol. The first kappa shape index (κ1) is 22.5. The highest BCUT2D eigenvalue weighted by molar-refractivity contribution is 5.89. The first-order chi connectivity index (χ1) is 15.9. The van der Waals surface area contributed by atoms with Crippen molar-refractivity contribution in [2.45, 2.75) is 25.8 Å². The van der Waals surface area contributed by atoms with Crippen LogP contribution in [-0.2, 0) is 11.3 Å². The minimum Gasteiger partial charge on any atom is -0.502 e. The van der Waals surface area contributed by atoms with Crippen molar-refractivity contribution in [1.29, 1.82) is 0 Å². The van der Waals surface area contributed by atoms with Gasteiger partial charge in [-0.2, -0.15) is 0 Å². The Morgan fingerprint density at radius 2 is 1.91 bits per heavy atom. The number of benzene rings is 2. The zero-order chi connectivity index (χ0) is 23.5. The summed E-state index contributed by atoms with van der Waals surface area (Å²) in [6, 6.07) is 11.7. The van der Waals surface area contributed by atoms with E-state index in [1.165, 1.54) is 26.4 Å². The molecular formula is C26H26FNO5. The lowest BCUT2D eigenvalue weighted by Crippen LogP contribution is -2.25. The molecule has 2 atom stereocenters. The third-order valence-electron chi connectivity index (χ3n) is 6.09. The summed E-state index contributed by atoms with van der Waals surface area (Å²) in [7, 11) is 2.94. The molecule has 172 valence electrons. The number of aromatic hydroxyl groups is 1. The Labute approximate surface area is 191 Å². The van der Waals surface area contributed by atoms with Gasteiger partial charge in [-0.1, -0.05) is 19.1 Å². The molecule has 0 spiro atoms. The molecule has 1 aliphatic carbocycles. The molecule has 0 radical (unpaired) electrons. The summed E-state index contributed by atoms with van der Waals surface area (Å²) < 4.78 is 29.9. The van der Waals surface area contributed by atoms with E-state index < -0.39 is 0 Å². The maximum absolute atomic E-state index is 14.1. The van der Waals surface area contributed by atoms with Crippen molar-refractivity contribution in [2.24, 2.45) is 5.92 Å². The highest BCUT2D eigenvalue weighted by Crippen LogP contribution is 2.49. The first-order valence-electron chi connectivity index (χ1n) is 10.7. The van der Waals surface area contributed by atoms with Crippen LogP contribution in [0.4, 0.5) is 4.39 Å². The van der Waals surface area contributed by atoms with E-state index >= 15 is 0 Å². The summed E-state index contributed by atoms with van der Waals surface area (Å²) in [5, 5.41) is 13.1. The van der Waals surface area contributed by atoms with Crippen molar-refractivity contribution in [1.82, 2.24) is 5.32 Å². The van der Waals surface area contributed by atoms with Crippen molar-refractivity contribution in [3.05, 3.63) is 77.0 Å². The fourth-order valence-electron chi connectivity index (χ4n) is 4.38. The minimum absolute atomic E-state index is 0.0399. The third kappa shape index (κ3) is 4.58. The van der Waals surface area contributed by atoms with Crippen molar-refractivity contribution in [2.75, 3.05) is 14.2 Å². The Morgan fingerprint density at radius 3 is 2.55 bits per heavy atom.